The number of phenols is 2. The van der Waals surface area contributed by atoms with Crippen LogP contribution >= 0.6 is 0 Å². The van der Waals surface area contributed by atoms with Crippen molar-refractivity contribution in [3.63, 3.8) is 0 Å². The molecule has 0 saturated carbocycles. The van der Waals surface area contributed by atoms with Gasteiger partial charge in [0.15, 0.2) is 5.43 Å². The fourth-order valence-electron chi connectivity index (χ4n) is 2.25. The van der Waals surface area contributed by atoms with Crippen LogP contribution in [0.15, 0.2) is 21.3 Å². The van der Waals surface area contributed by atoms with Crippen molar-refractivity contribution in [3.8, 4) is 11.5 Å². The lowest BCUT2D eigenvalue weighted by Crippen LogP contribution is -2.04. The molecule has 0 amide bonds. The zero-order valence-corrected chi connectivity index (χ0v) is 12.1. The molecule has 0 aliphatic rings. The second-order valence-electron chi connectivity index (χ2n) is 5.46. The Balaban J connectivity index is 2.71. The minimum atomic E-state index is -0.272. The summed E-state index contributed by atoms with van der Waals surface area (Å²) in [5.41, 5.74) is 0.637. The van der Waals surface area contributed by atoms with E-state index in [0.717, 1.165) is 6.42 Å². The van der Waals surface area contributed by atoms with Crippen molar-refractivity contribution >= 4 is 11.0 Å². The molecule has 2 N–H and O–H groups in total. The fourth-order valence-corrected chi connectivity index (χ4v) is 2.25. The summed E-state index contributed by atoms with van der Waals surface area (Å²) < 4.78 is 5.70. The van der Waals surface area contributed by atoms with E-state index in [1.54, 1.807) is 0 Å². The molecule has 0 unspecified atom stereocenters. The minimum Gasteiger partial charge on any atom is -0.507 e. The lowest BCUT2D eigenvalue weighted by atomic mass is 9.99. The second-order valence-corrected chi connectivity index (χ2v) is 5.46. The highest BCUT2D eigenvalue weighted by atomic mass is 16.3. The van der Waals surface area contributed by atoms with Crippen LogP contribution in [0.5, 0.6) is 11.5 Å². The molecule has 1 aromatic heterocycles. The summed E-state index contributed by atoms with van der Waals surface area (Å²) in [4.78, 5) is 12.1. The van der Waals surface area contributed by atoms with Crippen molar-refractivity contribution in [1.29, 1.82) is 0 Å². The van der Waals surface area contributed by atoms with E-state index in [0.29, 0.717) is 35.7 Å². The number of aromatic hydroxyl groups is 2. The molecular formula is C16H20O4. The predicted octanol–water partition coefficient (Wildman–Crippen LogP) is 3.36. The first-order valence-corrected chi connectivity index (χ1v) is 6.94. The number of aryl methyl sites for hydroxylation is 2. The molecule has 4 nitrogen and oxygen atoms in total. The zero-order valence-electron chi connectivity index (χ0n) is 12.1. The SMILES string of the molecule is CCc1cc(=O)c2c(O)cc(O)c(CCC(C)C)c2o1. The summed E-state index contributed by atoms with van der Waals surface area (Å²) in [6, 6.07) is 2.62. The molecule has 108 valence electrons. The van der Waals surface area contributed by atoms with Crippen molar-refractivity contribution in [2.24, 2.45) is 5.92 Å². The van der Waals surface area contributed by atoms with Crippen LogP contribution in [-0.4, -0.2) is 10.2 Å². The molecule has 0 bridgehead atoms. The van der Waals surface area contributed by atoms with E-state index in [-0.39, 0.29) is 22.3 Å². The summed E-state index contributed by atoms with van der Waals surface area (Å²) in [5, 5.41) is 20.1. The average molecular weight is 276 g/mol. The molecule has 0 saturated heterocycles. The first-order chi connectivity index (χ1) is 9.43. The van der Waals surface area contributed by atoms with Gasteiger partial charge >= 0.3 is 0 Å². The van der Waals surface area contributed by atoms with Crippen molar-refractivity contribution in [2.45, 2.75) is 40.0 Å². The lowest BCUT2D eigenvalue weighted by Gasteiger charge is -2.11. The maximum absolute atomic E-state index is 12.1. The Kier molecular flexibility index (Phi) is 4.02. The van der Waals surface area contributed by atoms with Crippen LogP contribution in [0.25, 0.3) is 11.0 Å². The molecular weight excluding hydrogens is 256 g/mol. The van der Waals surface area contributed by atoms with Gasteiger partial charge in [0, 0.05) is 24.1 Å². The third-order valence-corrected chi connectivity index (χ3v) is 3.43. The third-order valence-electron chi connectivity index (χ3n) is 3.43. The number of rotatable bonds is 4. The Morgan fingerprint density at radius 3 is 2.50 bits per heavy atom. The van der Waals surface area contributed by atoms with E-state index in [4.69, 9.17) is 4.42 Å². The molecule has 4 heteroatoms. The molecule has 1 heterocycles. The molecule has 20 heavy (non-hydrogen) atoms. The quantitative estimate of drug-likeness (QED) is 0.898. The van der Waals surface area contributed by atoms with Crippen molar-refractivity contribution in [2.75, 3.05) is 0 Å². The number of hydrogen-bond donors (Lipinski definition) is 2. The summed E-state index contributed by atoms with van der Waals surface area (Å²) in [7, 11) is 0. The Morgan fingerprint density at radius 1 is 1.20 bits per heavy atom. The third kappa shape index (κ3) is 2.64. The fraction of sp³-hybridized carbons (Fsp3) is 0.438. The molecule has 1 aromatic carbocycles. The van der Waals surface area contributed by atoms with Crippen LogP contribution in [0, 0.1) is 5.92 Å². The zero-order chi connectivity index (χ0) is 14.9. The van der Waals surface area contributed by atoms with E-state index >= 15 is 0 Å². The molecule has 2 aromatic rings. The highest BCUT2D eigenvalue weighted by molar-refractivity contribution is 5.88. The largest absolute Gasteiger partial charge is 0.507 e. The van der Waals surface area contributed by atoms with Crippen LogP contribution in [0.2, 0.25) is 0 Å². The summed E-state index contributed by atoms with van der Waals surface area (Å²) >= 11 is 0. The number of benzene rings is 1. The first-order valence-electron chi connectivity index (χ1n) is 6.94. The Bertz CT molecular complexity index is 683. The van der Waals surface area contributed by atoms with E-state index in [1.165, 1.54) is 12.1 Å². The summed E-state index contributed by atoms with van der Waals surface area (Å²) in [6.45, 7) is 6.07. The topological polar surface area (TPSA) is 70.7 Å². The van der Waals surface area contributed by atoms with Gasteiger partial charge in [-0.2, -0.15) is 0 Å². The van der Waals surface area contributed by atoms with Crippen LogP contribution in [0.4, 0.5) is 0 Å². The smallest absolute Gasteiger partial charge is 0.196 e. The maximum atomic E-state index is 12.1. The van der Waals surface area contributed by atoms with Gasteiger partial charge in [0.05, 0.1) is 0 Å². The highest BCUT2D eigenvalue weighted by Crippen LogP contribution is 2.34. The molecule has 0 spiro atoms. The van der Waals surface area contributed by atoms with Gasteiger partial charge in [0.25, 0.3) is 0 Å². The van der Waals surface area contributed by atoms with Gasteiger partial charge in [-0.05, 0) is 18.8 Å². The van der Waals surface area contributed by atoms with Gasteiger partial charge in [-0.15, -0.1) is 0 Å². The van der Waals surface area contributed by atoms with E-state index in [9.17, 15) is 15.0 Å². The Labute approximate surface area is 117 Å². The Hall–Kier alpha value is -1.97. The highest BCUT2D eigenvalue weighted by Gasteiger charge is 2.17. The molecule has 0 radical (unpaired) electrons. The first kappa shape index (κ1) is 14.4. The number of fused-ring (bicyclic) bond motifs is 1. The lowest BCUT2D eigenvalue weighted by molar-refractivity contribution is 0.441. The molecule has 0 aliphatic heterocycles. The summed E-state index contributed by atoms with van der Waals surface area (Å²) in [6.07, 6.45) is 2.06. The molecule has 0 aliphatic carbocycles. The minimum absolute atomic E-state index is 0.0212. The van der Waals surface area contributed by atoms with Crippen molar-refractivity contribution in [3.05, 3.63) is 33.7 Å². The molecule has 2 rings (SSSR count). The Morgan fingerprint density at radius 2 is 1.90 bits per heavy atom. The van der Waals surface area contributed by atoms with Crippen molar-refractivity contribution in [1.82, 2.24) is 0 Å². The number of phenolic OH excluding ortho intramolecular Hbond substituents is 2. The van der Waals surface area contributed by atoms with Gasteiger partial charge in [-0.3, -0.25) is 4.79 Å². The van der Waals surface area contributed by atoms with Gasteiger partial charge in [-0.25, -0.2) is 0 Å². The monoisotopic (exact) mass is 276 g/mol. The summed E-state index contributed by atoms with van der Waals surface area (Å²) in [5.74, 6) is 0.770. The van der Waals surface area contributed by atoms with Gasteiger partial charge in [0.1, 0.15) is 28.2 Å². The van der Waals surface area contributed by atoms with E-state index in [2.05, 4.69) is 13.8 Å². The van der Waals surface area contributed by atoms with Crippen LogP contribution in [0.3, 0.4) is 0 Å². The predicted molar refractivity (Wildman–Crippen MR) is 78.4 cm³/mol. The number of hydrogen-bond acceptors (Lipinski definition) is 4. The molecule has 0 atom stereocenters. The standard InChI is InChI=1S/C16H20O4/c1-4-10-7-13(18)15-14(19)8-12(17)11(16(15)20-10)6-5-9(2)3/h7-9,17,19H,4-6H2,1-3H3. The van der Waals surface area contributed by atoms with Gasteiger partial charge in [-0.1, -0.05) is 20.8 Å². The van der Waals surface area contributed by atoms with E-state index in [1.807, 2.05) is 6.92 Å². The van der Waals surface area contributed by atoms with Crippen LogP contribution in [0.1, 0.15) is 38.5 Å². The average Bonchev–Trinajstić information content (AvgIpc) is 2.36. The van der Waals surface area contributed by atoms with Gasteiger partial charge < -0.3 is 14.6 Å². The maximum Gasteiger partial charge on any atom is 0.196 e. The van der Waals surface area contributed by atoms with Crippen LogP contribution in [-0.2, 0) is 12.8 Å². The molecule has 0 fully saturated rings. The van der Waals surface area contributed by atoms with E-state index < -0.39 is 0 Å². The second kappa shape index (κ2) is 5.57. The van der Waals surface area contributed by atoms with Crippen LogP contribution < -0.4 is 5.43 Å². The van der Waals surface area contributed by atoms with Gasteiger partial charge in [0.2, 0.25) is 0 Å². The van der Waals surface area contributed by atoms with Crippen molar-refractivity contribution < 1.29 is 14.6 Å². The normalized spacial score (nSPS) is 11.4.